The summed E-state index contributed by atoms with van der Waals surface area (Å²) in [5.41, 5.74) is 0.912. The van der Waals surface area contributed by atoms with Gasteiger partial charge in [0.2, 0.25) is 5.91 Å². The topological polar surface area (TPSA) is 41.1 Å². The van der Waals surface area contributed by atoms with Crippen LogP contribution in [-0.2, 0) is 11.3 Å². The highest BCUT2D eigenvalue weighted by atomic mass is 19.1. The Morgan fingerprint density at radius 2 is 2.00 bits per heavy atom. The predicted molar refractivity (Wildman–Crippen MR) is 63.9 cm³/mol. The number of nitrogens with one attached hydrogen (secondary N) is 2. The maximum Gasteiger partial charge on any atom is 0.221 e. The van der Waals surface area contributed by atoms with Crippen LogP contribution in [0.15, 0.2) is 24.3 Å². The van der Waals surface area contributed by atoms with Crippen LogP contribution >= 0.6 is 0 Å². The normalized spacial score (nSPS) is 14.6. The van der Waals surface area contributed by atoms with Crippen molar-refractivity contribution in [3.8, 4) is 0 Å². The standard InChI is InChI=1S/C13H17FN2O/c14-11-3-1-10(2-4-11)9-16-13(17)7-8-15-12-5-6-12/h1-4,12,15H,5-9H2,(H,16,17). The van der Waals surface area contributed by atoms with E-state index in [0.29, 0.717) is 19.0 Å². The average molecular weight is 236 g/mol. The van der Waals surface area contributed by atoms with Crippen molar-refractivity contribution in [1.82, 2.24) is 10.6 Å². The van der Waals surface area contributed by atoms with E-state index in [2.05, 4.69) is 10.6 Å². The fourth-order valence-electron chi connectivity index (χ4n) is 1.57. The van der Waals surface area contributed by atoms with Crippen LogP contribution in [0.3, 0.4) is 0 Å². The van der Waals surface area contributed by atoms with E-state index in [9.17, 15) is 9.18 Å². The zero-order valence-electron chi connectivity index (χ0n) is 9.71. The Morgan fingerprint density at radius 1 is 1.29 bits per heavy atom. The molecule has 1 aromatic rings. The first-order chi connectivity index (χ1) is 8.24. The molecular weight excluding hydrogens is 219 g/mol. The van der Waals surface area contributed by atoms with Crippen LogP contribution in [-0.4, -0.2) is 18.5 Å². The Kier molecular flexibility index (Phi) is 4.09. The Bertz CT molecular complexity index is 374. The smallest absolute Gasteiger partial charge is 0.221 e. The molecule has 0 aliphatic heterocycles. The van der Waals surface area contributed by atoms with Crippen LogP contribution in [0.4, 0.5) is 4.39 Å². The van der Waals surface area contributed by atoms with Crippen molar-refractivity contribution in [1.29, 1.82) is 0 Å². The van der Waals surface area contributed by atoms with Gasteiger partial charge in [0.1, 0.15) is 5.82 Å². The van der Waals surface area contributed by atoms with E-state index in [1.165, 1.54) is 25.0 Å². The lowest BCUT2D eigenvalue weighted by molar-refractivity contribution is -0.121. The molecule has 0 aromatic heterocycles. The summed E-state index contributed by atoms with van der Waals surface area (Å²) in [6.07, 6.45) is 2.96. The van der Waals surface area contributed by atoms with Crippen LogP contribution in [0.5, 0.6) is 0 Å². The Morgan fingerprint density at radius 3 is 2.65 bits per heavy atom. The first-order valence-corrected chi connectivity index (χ1v) is 5.98. The van der Waals surface area contributed by atoms with Crippen molar-refractivity contribution in [2.24, 2.45) is 0 Å². The molecule has 0 radical (unpaired) electrons. The van der Waals surface area contributed by atoms with E-state index >= 15 is 0 Å². The summed E-state index contributed by atoms with van der Waals surface area (Å²) < 4.78 is 12.6. The third-order valence-corrected chi connectivity index (χ3v) is 2.77. The van der Waals surface area contributed by atoms with Gasteiger partial charge in [-0.3, -0.25) is 4.79 Å². The number of hydrogen-bond donors (Lipinski definition) is 2. The zero-order valence-corrected chi connectivity index (χ0v) is 9.71. The first-order valence-electron chi connectivity index (χ1n) is 5.98. The third-order valence-electron chi connectivity index (χ3n) is 2.77. The van der Waals surface area contributed by atoms with Crippen molar-refractivity contribution in [3.05, 3.63) is 35.6 Å². The number of hydrogen-bond acceptors (Lipinski definition) is 2. The molecular formula is C13H17FN2O. The van der Waals surface area contributed by atoms with Crippen LogP contribution < -0.4 is 10.6 Å². The fraction of sp³-hybridized carbons (Fsp3) is 0.462. The van der Waals surface area contributed by atoms with Crippen molar-refractivity contribution in [2.75, 3.05) is 6.54 Å². The van der Waals surface area contributed by atoms with Crippen molar-refractivity contribution >= 4 is 5.91 Å². The quantitative estimate of drug-likeness (QED) is 0.787. The molecule has 1 aromatic carbocycles. The van der Waals surface area contributed by atoms with Gasteiger partial charge in [0.15, 0.2) is 0 Å². The molecule has 0 spiro atoms. The molecule has 0 heterocycles. The summed E-state index contributed by atoms with van der Waals surface area (Å²) in [6.45, 7) is 1.20. The minimum atomic E-state index is -0.256. The number of carbonyl (C=O) groups excluding carboxylic acids is 1. The lowest BCUT2D eigenvalue weighted by Crippen LogP contribution is -2.28. The molecule has 1 aliphatic carbocycles. The molecule has 0 unspecified atom stereocenters. The Balaban J connectivity index is 1.62. The molecule has 3 nitrogen and oxygen atoms in total. The van der Waals surface area contributed by atoms with E-state index < -0.39 is 0 Å². The van der Waals surface area contributed by atoms with Gasteiger partial charge in [-0.1, -0.05) is 12.1 Å². The fourth-order valence-corrected chi connectivity index (χ4v) is 1.57. The van der Waals surface area contributed by atoms with Crippen LogP contribution in [0, 0.1) is 5.82 Å². The van der Waals surface area contributed by atoms with Crippen molar-refractivity contribution < 1.29 is 9.18 Å². The van der Waals surface area contributed by atoms with Gasteiger partial charge in [-0.2, -0.15) is 0 Å². The number of amides is 1. The lowest BCUT2D eigenvalue weighted by Gasteiger charge is -2.06. The summed E-state index contributed by atoms with van der Waals surface area (Å²) in [4.78, 5) is 11.5. The molecule has 2 N–H and O–H groups in total. The van der Waals surface area contributed by atoms with Crippen LogP contribution in [0.2, 0.25) is 0 Å². The van der Waals surface area contributed by atoms with E-state index in [1.807, 2.05) is 0 Å². The summed E-state index contributed by atoms with van der Waals surface area (Å²) in [6, 6.07) is 6.79. The molecule has 0 atom stereocenters. The van der Waals surface area contributed by atoms with Gasteiger partial charge in [-0.05, 0) is 30.5 Å². The number of rotatable bonds is 6. The van der Waals surface area contributed by atoms with Gasteiger partial charge in [0.25, 0.3) is 0 Å². The summed E-state index contributed by atoms with van der Waals surface area (Å²) in [7, 11) is 0. The van der Waals surface area contributed by atoms with Gasteiger partial charge >= 0.3 is 0 Å². The molecule has 4 heteroatoms. The van der Waals surface area contributed by atoms with Crippen molar-refractivity contribution in [3.63, 3.8) is 0 Å². The van der Waals surface area contributed by atoms with E-state index in [-0.39, 0.29) is 11.7 Å². The largest absolute Gasteiger partial charge is 0.352 e. The predicted octanol–water partition coefficient (Wildman–Crippen LogP) is 1.58. The molecule has 17 heavy (non-hydrogen) atoms. The second-order valence-corrected chi connectivity index (χ2v) is 4.38. The molecule has 0 saturated heterocycles. The Hall–Kier alpha value is -1.42. The van der Waals surface area contributed by atoms with Gasteiger partial charge in [-0.15, -0.1) is 0 Å². The molecule has 0 bridgehead atoms. The van der Waals surface area contributed by atoms with Gasteiger partial charge in [0.05, 0.1) is 0 Å². The van der Waals surface area contributed by atoms with Gasteiger partial charge in [-0.25, -0.2) is 4.39 Å². The summed E-state index contributed by atoms with van der Waals surface area (Å²) >= 11 is 0. The second kappa shape index (κ2) is 5.77. The minimum absolute atomic E-state index is 0.0301. The highest BCUT2D eigenvalue weighted by molar-refractivity contribution is 5.76. The highest BCUT2D eigenvalue weighted by Gasteiger charge is 2.19. The van der Waals surface area contributed by atoms with E-state index in [1.54, 1.807) is 12.1 Å². The van der Waals surface area contributed by atoms with E-state index in [0.717, 1.165) is 12.1 Å². The van der Waals surface area contributed by atoms with Crippen LogP contribution in [0.1, 0.15) is 24.8 Å². The lowest BCUT2D eigenvalue weighted by atomic mass is 10.2. The first kappa shape index (κ1) is 12.0. The van der Waals surface area contributed by atoms with Gasteiger partial charge < -0.3 is 10.6 Å². The average Bonchev–Trinajstić information content (AvgIpc) is 3.12. The number of benzene rings is 1. The van der Waals surface area contributed by atoms with Gasteiger partial charge in [0, 0.05) is 25.6 Å². The SMILES string of the molecule is O=C(CCNC1CC1)NCc1ccc(F)cc1. The maximum absolute atomic E-state index is 12.6. The molecule has 1 saturated carbocycles. The molecule has 92 valence electrons. The summed E-state index contributed by atoms with van der Waals surface area (Å²) in [5.74, 6) is -0.226. The van der Waals surface area contributed by atoms with E-state index in [4.69, 9.17) is 0 Å². The van der Waals surface area contributed by atoms with Crippen molar-refractivity contribution in [2.45, 2.75) is 31.8 Å². The number of carbonyl (C=O) groups is 1. The third kappa shape index (κ3) is 4.53. The molecule has 2 rings (SSSR count). The summed E-state index contributed by atoms with van der Waals surface area (Å²) in [5, 5.41) is 6.09. The maximum atomic E-state index is 12.6. The molecule has 1 amide bonds. The second-order valence-electron chi connectivity index (χ2n) is 4.38. The van der Waals surface area contributed by atoms with Crippen LogP contribution in [0.25, 0.3) is 0 Å². The number of halogens is 1. The molecule has 1 aliphatic rings. The minimum Gasteiger partial charge on any atom is -0.352 e. The molecule has 1 fully saturated rings. The highest BCUT2D eigenvalue weighted by Crippen LogP contribution is 2.18. The monoisotopic (exact) mass is 236 g/mol. The zero-order chi connectivity index (χ0) is 12.1. The Labute approximate surface area is 100 Å².